The molecule has 0 radical (unpaired) electrons. The van der Waals surface area contributed by atoms with Crippen molar-refractivity contribution in [2.24, 2.45) is 5.73 Å². The number of hydrogen-bond acceptors (Lipinski definition) is 4. The summed E-state index contributed by atoms with van der Waals surface area (Å²) in [6.45, 7) is 3.06. The van der Waals surface area contributed by atoms with E-state index in [2.05, 4.69) is 46.3 Å². The highest BCUT2D eigenvalue weighted by Gasteiger charge is 2.49. The van der Waals surface area contributed by atoms with Crippen LogP contribution in [0, 0.1) is 11.8 Å². The van der Waals surface area contributed by atoms with E-state index in [-0.39, 0.29) is 24.0 Å². The van der Waals surface area contributed by atoms with Gasteiger partial charge in [0.1, 0.15) is 5.75 Å². The number of carbonyl (C=O) groups is 1. The van der Waals surface area contributed by atoms with E-state index in [1.54, 1.807) is 7.11 Å². The first-order chi connectivity index (χ1) is 18.2. The molecular formula is C31H34N4O2. The van der Waals surface area contributed by atoms with Gasteiger partial charge < -0.3 is 20.7 Å². The van der Waals surface area contributed by atoms with Crippen LogP contribution in [-0.2, 0) is 0 Å². The number of hydrogen-bond donors (Lipinski definition) is 2. The molecule has 2 aliphatic heterocycles. The number of ether oxygens (including phenoxy) is 1. The Hall–Kier alpha value is -3.79. The van der Waals surface area contributed by atoms with Crippen LogP contribution in [0.5, 0.6) is 5.75 Å². The Kier molecular flexibility index (Phi) is 7.74. The Bertz CT molecular complexity index is 1250. The number of amides is 2. The van der Waals surface area contributed by atoms with Gasteiger partial charge in [0.05, 0.1) is 7.11 Å². The molecule has 37 heavy (non-hydrogen) atoms. The zero-order valence-electron chi connectivity index (χ0n) is 21.3. The fourth-order valence-electron chi connectivity index (χ4n) is 5.52. The summed E-state index contributed by atoms with van der Waals surface area (Å²) in [7, 11) is 1.63. The zero-order valence-corrected chi connectivity index (χ0v) is 21.3. The maximum Gasteiger partial charge on any atom is 0.321 e. The van der Waals surface area contributed by atoms with E-state index in [1.807, 2.05) is 59.5 Å². The van der Waals surface area contributed by atoms with Crippen LogP contribution in [0.15, 0.2) is 78.9 Å². The number of nitrogens with two attached hydrogens (primary N) is 1. The first kappa shape index (κ1) is 24.9. The first-order valence-corrected chi connectivity index (χ1v) is 13.0. The number of methoxy groups -OCH3 is 1. The Balaban J connectivity index is 1.30. The van der Waals surface area contributed by atoms with Gasteiger partial charge in [0.15, 0.2) is 0 Å². The van der Waals surface area contributed by atoms with Gasteiger partial charge in [0.2, 0.25) is 0 Å². The molecule has 5 rings (SSSR count). The Morgan fingerprint density at radius 1 is 0.946 bits per heavy atom. The number of rotatable bonds is 4. The van der Waals surface area contributed by atoms with Crippen LogP contribution in [0.3, 0.4) is 0 Å². The Morgan fingerprint density at radius 2 is 1.62 bits per heavy atom. The van der Waals surface area contributed by atoms with E-state index in [0.29, 0.717) is 13.1 Å². The van der Waals surface area contributed by atoms with Crippen molar-refractivity contribution in [3.63, 3.8) is 0 Å². The summed E-state index contributed by atoms with van der Waals surface area (Å²) in [4.78, 5) is 17.7. The van der Waals surface area contributed by atoms with Gasteiger partial charge >= 0.3 is 6.03 Å². The average Bonchev–Trinajstić information content (AvgIpc) is 2.92. The standard InChI is InChI=1S/C31H34N4O2/c1-37-27-17-15-26(16-18-27)33-31(36)34-19-5-6-20-35-28(21-32)30(29(35)22-34)25-13-11-24(12-14-25)10-9-23-7-3-2-4-8-23/h2-4,7-8,11-18,28-30H,5-6,19-22,32H2,1H3,(H,33,36)/t28-,29+,30?/m1/s1. The van der Waals surface area contributed by atoms with E-state index in [0.717, 1.165) is 48.5 Å². The largest absolute Gasteiger partial charge is 0.497 e. The van der Waals surface area contributed by atoms with E-state index in [9.17, 15) is 4.79 Å². The van der Waals surface area contributed by atoms with Gasteiger partial charge in [0.25, 0.3) is 0 Å². The molecule has 6 nitrogen and oxygen atoms in total. The third-order valence-corrected chi connectivity index (χ3v) is 7.47. The average molecular weight is 495 g/mol. The highest BCUT2D eigenvalue weighted by Crippen LogP contribution is 2.41. The van der Waals surface area contributed by atoms with Gasteiger partial charge in [-0.3, -0.25) is 4.90 Å². The summed E-state index contributed by atoms with van der Waals surface area (Å²) in [5.41, 5.74) is 10.3. The normalized spacial score (nSPS) is 21.4. The summed E-state index contributed by atoms with van der Waals surface area (Å²) in [5, 5.41) is 3.06. The lowest BCUT2D eigenvalue weighted by Crippen LogP contribution is -2.68. The highest BCUT2D eigenvalue weighted by molar-refractivity contribution is 5.89. The van der Waals surface area contributed by atoms with Gasteiger partial charge in [0, 0.05) is 54.5 Å². The summed E-state index contributed by atoms with van der Waals surface area (Å²) in [5.74, 6) is 7.54. The molecule has 0 aromatic heterocycles. The smallest absolute Gasteiger partial charge is 0.321 e. The second kappa shape index (κ2) is 11.5. The topological polar surface area (TPSA) is 70.8 Å². The van der Waals surface area contributed by atoms with Gasteiger partial charge in [-0.05, 0) is 73.5 Å². The maximum absolute atomic E-state index is 13.2. The van der Waals surface area contributed by atoms with E-state index in [1.165, 1.54) is 5.56 Å². The van der Waals surface area contributed by atoms with Crippen LogP contribution in [-0.4, -0.2) is 61.2 Å². The molecule has 2 amide bonds. The van der Waals surface area contributed by atoms with Crippen LogP contribution in [0.2, 0.25) is 0 Å². The van der Waals surface area contributed by atoms with Crippen molar-refractivity contribution in [3.05, 3.63) is 95.6 Å². The fourth-order valence-corrected chi connectivity index (χ4v) is 5.52. The van der Waals surface area contributed by atoms with Crippen LogP contribution < -0.4 is 15.8 Å². The number of urea groups is 1. The van der Waals surface area contributed by atoms with Gasteiger partial charge in [-0.15, -0.1) is 0 Å². The Labute approximate surface area is 219 Å². The van der Waals surface area contributed by atoms with Crippen molar-refractivity contribution in [3.8, 4) is 17.6 Å². The number of fused-ring (bicyclic) bond motifs is 1. The highest BCUT2D eigenvalue weighted by atomic mass is 16.5. The third-order valence-electron chi connectivity index (χ3n) is 7.47. The van der Waals surface area contributed by atoms with Crippen molar-refractivity contribution in [2.75, 3.05) is 38.6 Å². The number of carbonyl (C=O) groups excluding carboxylic acids is 1. The molecule has 3 N–H and O–H groups in total. The molecule has 2 aliphatic rings. The summed E-state index contributed by atoms with van der Waals surface area (Å²) in [6.07, 6.45) is 2.04. The van der Waals surface area contributed by atoms with E-state index < -0.39 is 0 Å². The molecule has 2 saturated heterocycles. The van der Waals surface area contributed by atoms with Crippen molar-refractivity contribution in [1.29, 1.82) is 0 Å². The molecule has 3 atom stereocenters. The summed E-state index contributed by atoms with van der Waals surface area (Å²) in [6, 6.07) is 26.5. The van der Waals surface area contributed by atoms with E-state index >= 15 is 0 Å². The summed E-state index contributed by atoms with van der Waals surface area (Å²) < 4.78 is 5.22. The summed E-state index contributed by atoms with van der Waals surface area (Å²) >= 11 is 0. The van der Waals surface area contributed by atoms with Crippen LogP contribution >= 0.6 is 0 Å². The molecule has 2 fully saturated rings. The van der Waals surface area contributed by atoms with Crippen molar-refractivity contribution in [2.45, 2.75) is 30.8 Å². The molecule has 0 saturated carbocycles. The van der Waals surface area contributed by atoms with Gasteiger partial charge in [-0.2, -0.15) is 0 Å². The van der Waals surface area contributed by atoms with Crippen molar-refractivity contribution >= 4 is 11.7 Å². The quantitative estimate of drug-likeness (QED) is 0.524. The van der Waals surface area contributed by atoms with Crippen LogP contribution in [0.4, 0.5) is 10.5 Å². The SMILES string of the molecule is COc1ccc(NC(=O)N2CCCCN3[C@H](CN)C(c4ccc(C#Cc5ccccc5)cc4)[C@@H]3C2)cc1. The molecule has 0 spiro atoms. The third kappa shape index (κ3) is 5.64. The van der Waals surface area contributed by atoms with Crippen molar-refractivity contribution < 1.29 is 9.53 Å². The molecule has 3 aromatic carbocycles. The predicted octanol–water partition coefficient (Wildman–Crippen LogP) is 4.52. The maximum atomic E-state index is 13.2. The lowest BCUT2D eigenvalue weighted by atomic mass is 9.74. The zero-order chi connectivity index (χ0) is 25.6. The minimum Gasteiger partial charge on any atom is -0.497 e. The Morgan fingerprint density at radius 3 is 2.30 bits per heavy atom. The minimum absolute atomic E-state index is 0.0616. The molecular weight excluding hydrogens is 460 g/mol. The number of nitrogens with one attached hydrogen (secondary N) is 1. The molecule has 3 aromatic rings. The molecule has 2 heterocycles. The van der Waals surface area contributed by atoms with E-state index in [4.69, 9.17) is 10.5 Å². The lowest BCUT2D eigenvalue weighted by Gasteiger charge is -2.57. The molecule has 6 heteroatoms. The molecule has 0 bridgehead atoms. The second-order valence-corrected chi connectivity index (χ2v) is 9.68. The van der Waals surface area contributed by atoms with Crippen LogP contribution in [0.25, 0.3) is 0 Å². The van der Waals surface area contributed by atoms with Gasteiger partial charge in [-0.1, -0.05) is 42.2 Å². The number of benzene rings is 3. The second-order valence-electron chi connectivity index (χ2n) is 9.68. The number of nitrogens with zero attached hydrogens (tertiary/aromatic N) is 2. The van der Waals surface area contributed by atoms with Crippen molar-refractivity contribution in [1.82, 2.24) is 9.80 Å². The monoisotopic (exact) mass is 494 g/mol. The molecule has 190 valence electrons. The van der Waals surface area contributed by atoms with Gasteiger partial charge in [-0.25, -0.2) is 4.79 Å². The minimum atomic E-state index is -0.0616. The predicted molar refractivity (Wildman–Crippen MR) is 148 cm³/mol. The molecule has 1 unspecified atom stereocenters. The lowest BCUT2D eigenvalue weighted by molar-refractivity contribution is -0.0305. The first-order valence-electron chi connectivity index (χ1n) is 13.0. The van der Waals surface area contributed by atoms with Crippen LogP contribution in [0.1, 0.15) is 35.4 Å². The fraction of sp³-hybridized carbons (Fsp3) is 0.323. The molecule has 0 aliphatic carbocycles. The number of anilines is 1.